The maximum absolute atomic E-state index is 5.98. The van der Waals surface area contributed by atoms with Gasteiger partial charge < -0.3 is 10.5 Å². The van der Waals surface area contributed by atoms with Crippen LogP contribution in [0.4, 0.5) is 0 Å². The molecular formula is C11H21N3O. The van der Waals surface area contributed by atoms with Crippen molar-refractivity contribution in [3.05, 3.63) is 18.0 Å². The van der Waals surface area contributed by atoms with Gasteiger partial charge in [0.1, 0.15) is 0 Å². The van der Waals surface area contributed by atoms with Gasteiger partial charge in [0.05, 0.1) is 6.20 Å². The third-order valence-electron chi connectivity index (χ3n) is 2.35. The highest BCUT2D eigenvalue weighted by atomic mass is 16.5. The first-order valence-corrected chi connectivity index (χ1v) is 5.60. The number of hydrogen-bond acceptors (Lipinski definition) is 3. The van der Waals surface area contributed by atoms with Crippen molar-refractivity contribution in [1.29, 1.82) is 0 Å². The van der Waals surface area contributed by atoms with Crippen LogP contribution in [0.3, 0.4) is 0 Å². The fourth-order valence-electron chi connectivity index (χ4n) is 1.47. The fourth-order valence-corrected chi connectivity index (χ4v) is 1.47. The average molecular weight is 211 g/mol. The highest BCUT2D eigenvalue weighted by Crippen LogP contribution is 2.03. The van der Waals surface area contributed by atoms with Gasteiger partial charge in [-0.2, -0.15) is 5.10 Å². The predicted molar refractivity (Wildman–Crippen MR) is 60.7 cm³/mol. The zero-order valence-corrected chi connectivity index (χ0v) is 9.65. The van der Waals surface area contributed by atoms with Crippen LogP contribution < -0.4 is 5.73 Å². The van der Waals surface area contributed by atoms with Crippen LogP contribution in [0.25, 0.3) is 0 Å². The summed E-state index contributed by atoms with van der Waals surface area (Å²) in [5.41, 5.74) is 7.19. The van der Waals surface area contributed by atoms with E-state index in [1.54, 1.807) is 0 Å². The molecule has 15 heavy (non-hydrogen) atoms. The summed E-state index contributed by atoms with van der Waals surface area (Å²) in [4.78, 5) is 0. The Balaban J connectivity index is 2.27. The summed E-state index contributed by atoms with van der Waals surface area (Å²) in [6.07, 6.45) is 5.74. The monoisotopic (exact) mass is 211 g/mol. The molecule has 0 spiro atoms. The van der Waals surface area contributed by atoms with Gasteiger partial charge in [-0.15, -0.1) is 0 Å². The highest BCUT2D eigenvalue weighted by Gasteiger charge is 2.05. The predicted octanol–water partition coefficient (Wildman–Crippen LogP) is 1.20. The maximum atomic E-state index is 5.98. The average Bonchev–Trinajstić information content (AvgIpc) is 2.66. The molecule has 0 fully saturated rings. The van der Waals surface area contributed by atoms with Gasteiger partial charge >= 0.3 is 0 Å². The van der Waals surface area contributed by atoms with Crippen molar-refractivity contribution >= 4 is 0 Å². The fraction of sp³-hybridized carbons (Fsp3) is 0.727. The van der Waals surface area contributed by atoms with Crippen LogP contribution in [0.15, 0.2) is 12.4 Å². The van der Waals surface area contributed by atoms with E-state index < -0.39 is 0 Å². The molecule has 1 atom stereocenters. The van der Waals surface area contributed by atoms with E-state index in [0.717, 1.165) is 32.6 Å². The van der Waals surface area contributed by atoms with Crippen LogP contribution in [0.1, 0.15) is 25.8 Å². The summed E-state index contributed by atoms with van der Waals surface area (Å²) in [5.74, 6) is 0. The molecule has 0 aliphatic heterocycles. The molecule has 0 saturated carbocycles. The molecule has 4 nitrogen and oxygen atoms in total. The first-order valence-electron chi connectivity index (χ1n) is 5.60. The van der Waals surface area contributed by atoms with E-state index in [1.807, 2.05) is 17.8 Å². The molecule has 1 heterocycles. The van der Waals surface area contributed by atoms with Crippen molar-refractivity contribution in [2.24, 2.45) is 5.73 Å². The molecule has 0 saturated heterocycles. The topological polar surface area (TPSA) is 53.1 Å². The smallest absolute Gasteiger partial charge is 0.0522 e. The van der Waals surface area contributed by atoms with Crippen molar-refractivity contribution in [2.75, 3.05) is 13.2 Å². The van der Waals surface area contributed by atoms with Gasteiger partial charge in [-0.1, -0.05) is 0 Å². The third kappa shape index (κ3) is 4.44. The second-order valence-corrected chi connectivity index (χ2v) is 3.65. The van der Waals surface area contributed by atoms with Gasteiger partial charge in [0.25, 0.3) is 0 Å². The first kappa shape index (κ1) is 12.2. The van der Waals surface area contributed by atoms with Gasteiger partial charge in [-0.25, -0.2) is 0 Å². The second-order valence-electron chi connectivity index (χ2n) is 3.65. The van der Waals surface area contributed by atoms with Gasteiger partial charge in [-0.05, 0) is 32.3 Å². The lowest BCUT2D eigenvalue weighted by Gasteiger charge is -2.09. The summed E-state index contributed by atoms with van der Waals surface area (Å²) in [7, 11) is 0. The van der Waals surface area contributed by atoms with Crippen LogP contribution in [0.5, 0.6) is 0 Å². The zero-order valence-electron chi connectivity index (χ0n) is 9.65. The van der Waals surface area contributed by atoms with Crippen molar-refractivity contribution < 1.29 is 4.74 Å². The largest absolute Gasteiger partial charge is 0.382 e. The summed E-state index contributed by atoms with van der Waals surface area (Å²) >= 11 is 0. The zero-order chi connectivity index (χ0) is 11.1. The van der Waals surface area contributed by atoms with Crippen LogP contribution in [-0.2, 0) is 17.7 Å². The molecule has 1 rings (SSSR count). The van der Waals surface area contributed by atoms with Crippen LogP contribution in [0, 0.1) is 0 Å². The summed E-state index contributed by atoms with van der Waals surface area (Å²) in [6.45, 7) is 6.50. The van der Waals surface area contributed by atoms with Crippen molar-refractivity contribution in [3.63, 3.8) is 0 Å². The molecule has 0 aliphatic carbocycles. The Morgan fingerprint density at radius 3 is 2.93 bits per heavy atom. The standard InChI is InChI=1S/C11H21N3O/c1-3-14-9-10(8-13-14)7-11(12)5-6-15-4-2/h8-9,11H,3-7,12H2,1-2H3. The Labute approximate surface area is 91.4 Å². The number of ether oxygens (including phenoxy) is 1. The number of aromatic nitrogens is 2. The lowest BCUT2D eigenvalue weighted by Crippen LogP contribution is -2.24. The Hall–Kier alpha value is -0.870. The number of nitrogens with zero attached hydrogens (tertiary/aromatic N) is 2. The molecule has 1 unspecified atom stereocenters. The van der Waals surface area contributed by atoms with Gasteiger partial charge in [-0.3, -0.25) is 4.68 Å². The van der Waals surface area contributed by atoms with Crippen LogP contribution in [0.2, 0.25) is 0 Å². The molecule has 0 radical (unpaired) electrons. The van der Waals surface area contributed by atoms with Crippen molar-refractivity contribution in [1.82, 2.24) is 9.78 Å². The van der Waals surface area contributed by atoms with Crippen molar-refractivity contribution in [2.45, 2.75) is 39.3 Å². The Kier molecular flexibility index (Phi) is 5.36. The Bertz CT molecular complexity index is 273. The summed E-state index contributed by atoms with van der Waals surface area (Å²) in [6, 6.07) is 0.172. The molecule has 2 N–H and O–H groups in total. The molecule has 0 bridgehead atoms. The van der Waals surface area contributed by atoms with E-state index in [4.69, 9.17) is 10.5 Å². The molecule has 4 heteroatoms. The molecule has 0 aromatic carbocycles. The minimum Gasteiger partial charge on any atom is -0.382 e. The van der Waals surface area contributed by atoms with E-state index in [0.29, 0.717) is 0 Å². The van der Waals surface area contributed by atoms with Crippen LogP contribution in [-0.4, -0.2) is 29.0 Å². The second kappa shape index (κ2) is 6.58. The molecule has 1 aromatic heterocycles. The summed E-state index contributed by atoms with van der Waals surface area (Å²) < 4.78 is 7.19. The molecule has 0 amide bonds. The van der Waals surface area contributed by atoms with Crippen molar-refractivity contribution in [3.8, 4) is 0 Å². The first-order chi connectivity index (χ1) is 7.26. The number of hydrogen-bond donors (Lipinski definition) is 1. The normalized spacial score (nSPS) is 13.0. The number of rotatable bonds is 7. The SMILES string of the molecule is CCOCCC(N)Cc1cnn(CC)c1. The maximum Gasteiger partial charge on any atom is 0.0522 e. The minimum atomic E-state index is 0.172. The number of nitrogens with two attached hydrogens (primary N) is 1. The van der Waals surface area contributed by atoms with Gasteiger partial charge in [0.15, 0.2) is 0 Å². The van der Waals surface area contributed by atoms with E-state index in [2.05, 4.69) is 18.2 Å². The van der Waals surface area contributed by atoms with E-state index >= 15 is 0 Å². The van der Waals surface area contributed by atoms with E-state index in [1.165, 1.54) is 5.56 Å². The summed E-state index contributed by atoms with van der Waals surface area (Å²) in [5, 5.41) is 4.21. The molecule has 86 valence electrons. The Morgan fingerprint density at radius 2 is 2.33 bits per heavy atom. The van der Waals surface area contributed by atoms with Gasteiger partial charge in [0.2, 0.25) is 0 Å². The van der Waals surface area contributed by atoms with Gasteiger partial charge in [0, 0.05) is 32.0 Å². The minimum absolute atomic E-state index is 0.172. The molecular weight excluding hydrogens is 190 g/mol. The van der Waals surface area contributed by atoms with E-state index in [9.17, 15) is 0 Å². The lowest BCUT2D eigenvalue weighted by atomic mass is 10.1. The van der Waals surface area contributed by atoms with E-state index in [-0.39, 0.29) is 6.04 Å². The molecule has 0 aliphatic rings. The Morgan fingerprint density at radius 1 is 1.53 bits per heavy atom. The quantitative estimate of drug-likeness (QED) is 0.689. The van der Waals surface area contributed by atoms with Crippen LogP contribution >= 0.6 is 0 Å². The molecule has 1 aromatic rings. The lowest BCUT2D eigenvalue weighted by molar-refractivity contribution is 0.140. The third-order valence-corrected chi connectivity index (χ3v) is 2.35. The highest BCUT2D eigenvalue weighted by molar-refractivity contribution is 5.05. The number of aryl methyl sites for hydroxylation is 1.